The molecule has 2 saturated carbocycles. The van der Waals surface area contributed by atoms with Crippen molar-refractivity contribution < 1.29 is 4.74 Å². The molecular weight excluding hydrogens is 244 g/mol. The third-order valence-corrected chi connectivity index (χ3v) is 5.27. The van der Waals surface area contributed by atoms with Gasteiger partial charge >= 0.3 is 0 Å². The zero-order chi connectivity index (χ0) is 12.7. The van der Waals surface area contributed by atoms with Gasteiger partial charge < -0.3 is 4.74 Å². The van der Waals surface area contributed by atoms with E-state index < -0.39 is 0 Å². The molecule has 0 spiro atoms. The van der Waals surface area contributed by atoms with Crippen LogP contribution in [0.15, 0.2) is 18.2 Å². The maximum atomic E-state index is 6.75. The van der Waals surface area contributed by atoms with Crippen LogP contribution in [-0.4, -0.2) is 7.11 Å². The second kappa shape index (κ2) is 4.77. The van der Waals surface area contributed by atoms with E-state index in [1.807, 2.05) is 6.07 Å². The summed E-state index contributed by atoms with van der Waals surface area (Å²) in [7, 11) is 1.73. The Morgan fingerprint density at radius 1 is 1.22 bits per heavy atom. The van der Waals surface area contributed by atoms with E-state index >= 15 is 0 Å². The molecule has 18 heavy (non-hydrogen) atoms. The van der Waals surface area contributed by atoms with Crippen molar-refractivity contribution in [1.29, 1.82) is 0 Å². The first-order chi connectivity index (χ1) is 8.72. The van der Waals surface area contributed by atoms with E-state index in [0.29, 0.717) is 5.92 Å². The highest BCUT2D eigenvalue weighted by Gasteiger charge is 2.54. The van der Waals surface area contributed by atoms with Crippen molar-refractivity contribution in [2.75, 3.05) is 7.11 Å². The number of halogens is 1. The van der Waals surface area contributed by atoms with E-state index in [1.165, 1.54) is 36.8 Å². The molecule has 3 unspecified atom stereocenters. The van der Waals surface area contributed by atoms with Crippen LogP contribution in [0.1, 0.15) is 42.2 Å². The van der Waals surface area contributed by atoms with Crippen molar-refractivity contribution in [1.82, 2.24) is 0 Å². The summed E-state index contributed by atoms with van der Waals surface area (Å²) in [5.41, 5.74) is 2.46. The Hall–Kier alpha value is -0.690. The van der Waals surface area contributed by atoms with Crippen LogP contribution in [0.3, 0.4) is 0 Å². The Balaban J connectivity index is 1.84. The predicted octanol–water partition coefficient (Wildman–Crippen LogP) is 4.72. The molecule has 0 N–H and O–H groups in total. The molecule has 0 radical (unpaired) electrons. The number of alkyl halides is 1. The second-order valence-electron chi connectivity index (χ2n) is 5.84. The first-order valence-corrected chi connectivity index (χ1v) is 7.44. The average molecular weight is 265 g/mol. The van der Waals surface area contributed by atoms with Crippen LogP contribution in [0.5, 0.6) is 5.75 Å². The number of benzene rings is 1. The van der Waals surface area contributed by atoms with Crippen molar-refractivity contribution in [2.45, 2.75) is 38.0 Å². The molecule has 0 aromatic heterocycles. The molecule has 2 aliphatic carbocycles. The first-order valence-electron chi connectivity index (χ1n) is 7.01. The molecule has 0 heterocycles. The van der Waals surface area contributed by atoms with E-state index in [0.717, 1.165) is 17.6 Å². The molecule has 3 rings (SSSR count). The van der Waals surface area contributed by atoms with Crippen LogP contribution in [0.2, 0.25) is 0 Å². The summed E-state index contributed by atoms with van der Waals surface area (Å²) in [4.78, 5) is 0. The highest BCUT2D eigenvalue weighted by atomic mass is 35.5. The number of hydrogen-bond donors (Lipinski definition) is 0. The maximum Gasteiger partial charge on any atom is 0.123 e. The Bertz CT molecular complexity index is 431. The highest BCUT2D eigenvalue weighted by molar-refractivity contribution is 6.21. The minimum Gasteiger partial charge on any atom is -0.496 e. The van der Waals surface area contributed by atoms with Crippen molar-refractivity contribution >= 4 is 11.6 Å². The van der Waals surface area contributed by atoms with E-state index in [4.69, 9.17) is 16.3 Å². The van der Waals surface area contributed by atoms with Crippen molar-refractivity contribution in [3.8, 4) is 5.75 Å². The summed E-state index contributed by atoms with van der Waals surface area (Å²) >= 11 is 6.75. The zero-order valence-corrected chi connectivity index (χ0v) is 11.9. The lowest BCUT2D eigenvalue weighted by molar-refractivity contribution is 0.407. The van der Waals surface area contributed by atoms with Gasteiger partial charge in [0.05, 0.1) is 12.5 Å². The van der Waals surface area contributed by atoms with E-state index in [-0.39, 0.29) is 5.38 Å². The smallest absolute Gasteiger partial charge is 0.123 e. The standard InChI is InChI=1S/C16H21ClO/c1-10-7-8-14(18-2)13(9-10)16(17)15-11-5-3-4-6-12(11)15/h7-9,11-12,15-16H,3-6H2,1-2H3. The van der Waals surface area contributed by atoms with Gasteiger partial charge in [-0.15, -0.1) is 11.6 Å². The minimum absolute atomic E-state index is 0.132. The topological polar surface area (TPSA) is 9.23 Å². The molecule has 3 atom stereocenters. The van der Waals surface area contributed by atoms with Gasteiger partial charge in [-0.1, -0.05) is 30.5 Å². The molecule has 0 aliphatic heterocycles. The largest absolute Gasteiger partial charge is 0.496 e. The minimum atomic E-state index is 0.132. The number of methoxy groups -OCH3 is 1. The monoisotopic (exact) mass is 264 g/mol. The van der Waals surface area contributed by atoms with Crippen LogP contribution in [0.25, 0.3) is 0 Å². The van der Waals surface area contributed by atoms with Gasteiger partial charge in [0.1, 0.15) is 5.75 Å². The lowest BCUT2D eigenvalue weighted by Gasteiger charge is -2.15. The number of aryl methyl sites for hydroxylation is 1. The summed E-state index contributed by atoms with van der Waals surface area (Å²) < 4.78 is 5.47. The number of fused-ring (bicyclic) bond motifs is 1. The summed E-state index contributed by atoms with van der Waals surface area (Å²) in [5, 5.41) is 0.132. The zero-order valence-electron chi connectivity index (χ0n) is 11.2. The van der Waals surface area contributed by atoms with Crippen LogP contribution in [-0.2, 0) is 0 Å². The molecular formula is C16H21ClO. The molecule has 1 aromatic carbocycles. The Morgan fingerprint density at radius 3 is 2.50 bits per heavy atom. The normalized spacial score (nSPS) is 31.6. The van der Waals surface area contributed by atoms with Crippen molar-refractivity contribution in [2.24, 2.45) is 17.8 Å². The van der Waals surface area contributed by atoms with Crippen LogP contribution < -0.4 is 4.74 Å². The van der Waals surface area contributed by atoms with E-state index in [1.54, 1.807) is 7.11 Å². The molecule has 2 aliphatic rings. The maximum absolute atomic E-state index is 6.75. The fourth-order valence-corrected chi connectivity index (χ4v) is 4.30. The molecule has 0 amide bonds. The summed E-state index contributed by atoms with van der Waals surface area (Å²) in [6.07, 6.45) is 5.55. The number of ether oxygens (including phenoxy) is 1. The second-order valence-corrected chi connectivity index (χ2v) is 6.31. The molecule has 98 valence electrons. The molecule has 0 saturated heterocycles. The van der Waals surface area contributed by atoms with Gasteiger partial charge in [0.2, 0.25) is 0 Å². The van der Waals surface area contributed by atoms with Gasteiger partial charge in [-0.3, -0.25) is 0 Å². The Kier molecular flexibility index (Phi) is 3.27. The fraction of sp³-hybridized carbons (Fsp3) is 0.625. The first kappa shape index (κ1) is 12.3. The van der Waals surface area contributed by atoms with Crippen LogP contribution in [0.4, 0.5) is 0 Å². The fourth-order valence-electron chi connectivity index (χ4n) is 3.76. The molecule has 2 heteroatoms. The molecule has 0 bridgehead atoms. The van der Waals surface area contributed by atoms with Gasteiger partial charge in [-0.05, 0) is 43.6 Å². The summed E-state index contributed by atoms with van der Waals surface area (Å²) in [6.45, 7) is 2.12. The predicted molar refractivity (Wildman–Crippen MR) is 75.3 cm³/mol. The van der Waals surface area contributed by atoms with Crippen molar-refractivity contribution in [3.05, 3.63) is 29.3 Å². The van der Waals surface area contributed by atoms with Crippen LogP contribution >= 0.6 is 11.6 Å². The van der Waals surface area contributed by atoms with Gasteiger partial charge in [-0.25, -0.2) is 0 Å². The lowest BCUT2D eigenvalue weighted by atomic mass is 10.0. The number of hydrogen-bond acceptors (Lipinski definition) is 1. The summed E-state index contributed by atoms with van der Waals surface area (Å²) in [6, 6.07) is 6.33. The van der Waals surface area contributed by atoms with E-state index in [2.05, 4.69) is 19.1 Å². The van der Waals surface area contributed by atoms with E-state index in [9.17, 15) is 0 Å². The van der Waals surface area contributed by atoms with Crippen molar-refractivity contribution in [3.63, 3.8) is 0 Å². The highest BCUT2D eigenvalue weighted by Crippen LogP contribution is 2.62. The SMILES string of the molecule is COc1ccc(C)cc1C(Cl)C1C2CCCCC21. The third kappa shape index (κ3) is 2.03. The van der Waals surface area contributed by atoms with Gasteiger partial charge in [-0.2, -0.15) is 0 Å². The molecule has 2 fully saturated rings. The average Bonchev–Trinajstić information content (AvgIpc) is 3.12. The lowest BCUT2D eigenvalue weighted by Crippen LogP contribution is -2.00. The quantitative estimate of drug-likeness (QED) is 0.718. The van der Waals surface area contributed by atoms with Gasteiger partial charge in [0.25, 0.3) is 0 Å². The number of rotatable bonds is 3. The molecule has 1 nitrogen and oxygen atoms in total. The molecule has 1 aromatic rings. The third-order valence-electron chi connectivity index (χ3n) is 4.74. The Labute approximate surface area is 114 Å². The van der Waals surface area contributed by atoms with Gasteiger partial charge in [0, 0.05) is 5.56 Å². The van der Waals surface area contributed by atoms with Gasteiger partial charge in [0.15, 0.2) is 0 Å². The van der Waals surface area contributed by atoms with Crippen LogP contribution in [0, 0.1) is 24.7 Å². The Morgan fingerprint density at radius 2 is 1.89 bits per heavy atom. The summed E-state index contributed by atoms with van der Waals surface area (Å²) in [5.74, 6) is 3.40.